The molecular formula is C29H34N4O2S. The highest BCUT2D eigenvalue weighted by molar-refractivity contribution is 7.10. The number of aromatic nitrogens is 1. The van der Waals surface area contributed by atoms with Gasteiger partial charge in [0.25, 0.3) is 6.02 Å². The lowest BCUT2D eigenvalue weighted by Crippen LogP contribution is -2.38. The average Bonchev–Trinajstić information content (AvgIpc) is 3.55. The van der Waals surface area contributed by atoms with Gasteiger partial charge in [-0.05, 0) is 68.9 Å². The number of oxime groups is 1. The van der Waals surface area contributed by atoms with E-state index in [4.69, 9.17) is 19.6 Å². The quantitative estimate of drug-likeness (QED) is 0.292. The number of hydrogen-bond acceptors (Lipinski definition) is 6. The van der Waals surface area contributed by atoms with E-state index in [9.17, 15) is 0 Å². The number of likely N-dealkylation sites (tertiary alicyclic amines) is 1. The topological polar surface area (TPSA) is 59.3 Å². The molecule has 2 aliphatic heterocycles. The summed E-state index contributed by atoms with van der Waals surface area (Å²) in [6, 6.07) is 13.4. The number of hydrogen-bond donors (Lipinski definition) is 0. The Morgan fingerprint density at radius 1 is 1.06 bits per heavy atom. The van der Waals surface area contributed by atoms with E-state index < -0.39 is 0 Å². The van der Waals surface area contributed by atoms with Crippen LogP contribution >= 0.6 is 11.3 Å². The van der Waals surface area contributed by atoms with Gasteiger partial charge < -0.3 is 14.5 Å². The fourth-order valence-corrected chi connectivity index (χ4v) is 6.13. The average molecular weight is 503 g/mol. The van der Waals surface area contributed by atoms with Gasteiger partial charge in [0.2, 0.25) is 0 Å². The second kappa shape index (κ2) is 10.4. The van der Waals surface area contributed by atoms with Gasteiger partial charge in [-0.1, -0.05) is 35.5 Å². The number of ether oxygens (including phenoxy) is 1. The van der Waals surface area contributed by atoms with E-state index in [1.54, 1.807) is 18.4 Å². The third-order valence-corrected chi connectivity index (χ3v) is 8.24. The number of benzene rings is 2. The van der Waals surface area contributed by atoms with Crippen molar-refractivity contribution in [2.75, 3.05) is 20.2 Å². The van der Waals surface area contributed by atoms with Crippen LogP contribution < -0.4 is 0 Å². The Kier molecular flexibility index (Phi) is 7.10. The van der Waals surface area contributed by atoms with Gasteiger partial charge in [0.1, 0.15) is 5.71 Å². The summed E-state index contributed by atoms with van der Waals surface area (Å²) in [5.74, 6) is 0.441. The predicted octanol–water partition coefficient (Wildman–Crippen LogP) is 6.76. The lowest BCUT2D eigenvalue weighted by Gasteiger charge is -2.32. The standard InChI is InChI=1S/C29H34N4O2S/c1-18-9-10-19(2)23(15-18)31-29(34-5)33-13-11-22(12-14-33)28-30-25(17-36-28)24-16-26(35-32-24)27-20(3)7-6-8-21(27)4/h6-10,15,17,22,26H,11-14,16H2,1-5H3. The maximum atomic E-state index is 5.86. The molecular weight excluding hydrogens is 468 g/mol. The van der Waals surface area contributed by atoms with Crippen molar-refractivity contribution in [2.24, 2.45) is 10.1 Å². The molecule has 1 unspecified atom stereocenters. The van der Waals surface area contributed by atoms with E-state index in [-0.39, 0.29) is 6.10 Å². The maximum absolute atomic E-state index is 5.86. The van der Waals surface area contributed by atoms with Crippen LogP contribution in [-0.2, 0) is 9.57 Å². The van der Waals surface area contributed by atoms with E-state index >= 15 is 0 Å². The molecule has 1 fully saturated rings. The van der Waals surface area contributed by atoms with Crippen LogP contribution in [0.5, 0.6) is 0 Å². The SMILES string of the molecule is COC(=Nc1cc(C)ccc1C)N1CCC(c2nc(C3=NOC(c4c(C)cccc4C)C3)cs2)CC1. The first kappa shape index (κ1) is 24.5. The van der Waals surface area contributed by atoms with Crippen molar-refractivity contribution in [1.82, 2.24) is 9.88 Å². The van der Waals surface area contributed by atoms with Crippen molar-refractivity contribution in [3.63, 3.8) is 0 Å². The minimum absolute atomic E-state index is 0.0293. The predicted molar refractivity (Wildman–Crippen MR) is 147 cm³/mol. The van der Waals surface area contributed by atoms with Crippen molar-refractivity contribution >= 4 is 28.8 Å². The lowest BCUT2D eigenvalue weighted by molar-refractivity contribution is 0.0848. The number of methoxy groups -OCH3 is 1. The minimum Gasteiger partial charge on any atom is -0.468 e. The Morgan fingerprint density at radius 3 is 2.53 bits per heavy atom. The molecule has 3 aromatic rings. The molecule has 2 aromatic carbocycles. The number of rotatable bonds is 4. The zero-order valence-corrected chi connectivity index (χ0v) is 22.6. The molecule has 0 saturated carbocycles. The van der Waals surface area contributed by atoms with Crippen LogP contribution in [0.25, 0.3) is 0 Å². The maximum Gasteiger partial charge on any atom is 0.292 e. The molecule has 1 saturated heterocycles. The first-order valence-electron chi connectivity index (χ1n) is 12.6. The van der Waals surface area contributed by atoms with E-state index in [0.29, 0.717) is 11.9 Å². The van der Waals surface area contributed by atoms with Gasteiger partial charge in [-0.3, -0.25) is 0 Å². The number of piperidine rings is 1. The smallest absolute Gasteiger partial charge is 0.292 e. The Bertz CT molecular complexity index is 1280. The van der Waals surface area contributed by atoms with Crippen LogP contribution in [0.1, 0.15) is 69.8 Å². The molecule has 5 rings (SSSR count). The summed E-state index contributed by atoms with van der Waals surface area (Å²) >= 11 is 1.74. The first-order chi connectivity index (χ1) is 17.4. The number of amidine groups is 1. The zero-order chi connectivity index (χ0) is 25.2. The molecule has 7 heteroatoms. The molecule has 2 aliphatic rings. The normalized spacial score (nSPS) is 18.8. The van der Waals surface area contributed by atoms with E-state index in [1.807, 2.05) is 0 Å². The summed E-state index contributed by atoms with van der Waals surface area (Å²) in [6.45, 7) is 10.2. The van der Waals surface area contributed by atoms with Gasteiger partial charge in [0, 0.05) is 36.4 Å². The fraction of sp³-hybridized carbons (Fsp3) is 0.414. The highest BCUT2D eigenvalue weighted by atomic mass is 32.1. The Labute approximate surface area is 217 Å². The molecule has 188 valence electrons. The van der Waals surface area contributed by atoms with Gasteiger partial charge in [-0.2, -0.15) is 4.99 Å². The summed E-state index contributed by atoms with van der Waals surface area (Å²) < 4.78 is 5.70. The largest absolute Gasteiger partial charge is 0.468 e. The number of nitrogens with zero attached hydrogens (tertiary/aromatic N) is 4. The van der Waals surface area contributed by atoms with Crippen molar-refractivity contribution in [2.45, 2.75) is 59.0 Å². The van der Waals surface area contributed by atoms with Gasteiger partial charge in [-0.25, -0.2) is 4.98 Å². The number of aliphatic imine (C=N–C) groups is 1. The molecule has 0 aliphatic carbocycles. The number of aryl methyl sites for hydroxylation is 4. The Hall–Kier alpha value is -3.19. The second-order valence-corrected chi connectivity index (χ2v) is 10.8. The van der Waals surface area contributed by atoms with Crippen LogP contribution in [0.2, 0.25) is 0 Å². The summed E-state index contributed by atoms with van der Waals surface area (Å²) in [7, 11) is 1.71. The third-order valence-electron chi connectivity index (χ3n) is 7.23. The summed E-state index contributed by atoms with van der Waals surface area (Å²) in [5, 5.41) is 7.75. The molecule has 0 spiro atoms. The molecule has 36 heavy (non-hydrogen) atoms. The lowest BCUT2D eigenvalue weighted by atomic mass is 9.95. The van der Waals surface area contributed by atoms with Crippen LogP contribution in [0.3, 0.4) is 0 Å². The minimum atomic E-state index is -0.0293. The highest BCUT2D eigenvalue weighted by Gasteiger charge is 2.30. The molecule has 0 N–H and O–H groups in total. The first-order valence-corrected chi connectivity index (χ1v) is 13.5. The Morgan fingerprint density at radius 2 is 1.81 bits per heavy atom. The van der Waals surface area contributed by atoms with Crippen LogP contribution in [0.4, 0.5) is 5.69 Å². The molecule has 6 nitrogen and oxygen atoms in total. The highest BCUT2D eigenvalue weighted by Crippen LogP contribution is 2.36. The van der Waals surface area contributed by atoms with E-state index in [0.717, 1.165) is 55.0 Å². The van der Waals surface area contributed by atoms with Crippen molar-refractivity contribution < 1.29 is 9.57 Å². The van der Waals surface area contributed by atoms with Crippen molar-refractivity contribution in [1.29, 1.82) is 0 Å². The fourth-order valence-electron chi connectivity index (χ4n) is 5.13. The van der Waals surface area contributed by atoms with Gasteiger partial charge >= 0.3 is 0 Å². The van der Waals surface area contributed by atoms with Gasteiger partial charge in [-0.15, -0.1) is 11.3 Å². The second-order valence-electron chi connectivity index (χ2n) is 9.86. The summed E-state index contributed by atoms with van der Waals surface area (Å²) in [4.78, 5) is 17.9. The van der Waals surface area contributed by atoms with E-state index in [1.165, 1.54) is 27.3 Å². The molecule has 0 radical (unpaired) electrons. The molecule has 0 bridgehead atoms. The molecule has 1 aromatic heterocycles. The van der Waals surface area contributed by atoms with Crippen LogP contribution in [0.15, 0.2) is 51.9 Å². The third kappa shape index (κ3) is 5.03. The number of thiazole rings is 1. The zero-order valence-electron chi connectivity index (χ0n) is 21.7. The summed E-state index contributed by atoms with van der Waals surface area (Å²) in [6.07, 6.45) is 2.78. The van der Waals surface area contributed by atoms with E-state index in [2.05, 4.69) is 79.5 Å². The van der Waals surface area contributed by atoms with Gasteiger partial charge in [0.15, 0.2) is 6.10 Å². The molecule has 1 atom stereocenters. The van der Waals surface area contributed by atoms with Crippen molar-refractivity contribution in [3.05, 3.63) is 80.3 Å². The van der Waals surface area contributed by atoms with Crippen molar-refractivity contribution in [3.8, 4) is 0 Å². The monoisotopic (exact) mass is 502 g/mol. The Balaban J connectivity index is 1.22. The molecule has 0 amide bonds. The van der Waals surface area contributed by atoms with Gasteiger partial charge in [0.05, 0.1) is 23.5 Å². The van der Waals surface area contributed by atoms with Crippen LogP contribution in [0, 0.1) is 27.7 Å². The molecule has 3 heterocycles. The van der Waals surface area contributed by atoms with Crippen LogP contribution in [-0.4, -0.2) is 41.8 Å². The summed E-state index contributed by atoms with van der Waals surface area (Å²) in [5.41, 5.74) is 8.97.